The highest BCUT2D eigenvalue weighted by Crippen LogP contribution is 2.21. The maximum Gasteiger partial charge on any atom is 0.103 e. The van der Waals surface area contributed by atoms with E-state index >= 15 is 0 Å². The van der Waals surface area contributed by atoms with Crippen LogP contribution < -0.4 is 5.32 Å². The first-order chi connectivity index (χ1) is 8.09. The quantitative estimate of drug-likeness (QED) is 0.896. The van der Waals surface area contributed by atoms with Gasteiger partial charge in [-0.05, 0) is 24.6 Å². The molecule has 17 heavy (non-hydrogen) atoms. The van der Waals surface area contributed by atoms with E-state index in [0.717, 1.165) is 4.47 Å². The molecule has 0 aliphatic carbocycles. The number of ether oxygens (including phenoxy) is 1. The average Bonchev–Trinajstić information content (AvgIpc) is 2.74. The standard InChI is InChI=1S/C13H18BrNO2/c1-10(11-3-2-4-12(14)7-11)15-8-13(16)5-6-17-9-13/h2-4,7,10,15-16H,5-6,8-9H2,1H3. The molecule has 1 saturated heterocycles. The molecule has 4 heteroatoms. The van der Waals surface area contributed by atoms with E-state index in [-0.39, 0.29) is 6.04 Å². The molecule has 1 aliphatic heterocycles. The second-order valence-electron chi connectivity index (χ2n) is 4.68. The number of aliphatic hydroxyl groups is 1. The maximum absolute atomic E-state index is 10.1. The van der Waals surface area contributed by atoms with Crippen molar-refractivity contribution in [3.63, 3.8) is 0 Å². The fraction of sp³-hybridized carbons (Fsp3) is 0.538. The Labute approximate surface area is 110 Å². The summed E-state index contributed by atoms with van der Waals surface area (Å²) in [6, 6.07) is 8.42. The molecule has 0 saturated carbocycles. The molecule has 2 unspecified atom stereocenters. The van der Waals surface area contributed by atoms with E-state index in [4.69, 9.17) is 4.74 Å². The first-order valence-electron chi connectivity index (χ1n) is 5.88. The molecule has 1 aliphatic rings. The summed E-state index contributed by atoms with van der Waals surface area (Å²) >= 11 is 3.46. The zero-order valence-electron chi connectivity index (χ0n) is 9.95. The third kappa shape index (κ3) is 3.52. The predicted molar refractivity (Wildman–Crippen MR) is 70.9 cm³/mol. The molecular formula is C13H18BrNO2. The number of hydrogen-bond acceptors (Lipinski definition) is 3. The molecule has 0 amide bonds. The molecule has 1 aromatic rings. The Bertz CT molecular complexity index is 377. The van der Waals surface area contributed by atoms with Crippen molar-refractivity contribution in [3.8, 4) is 0 Å². The van der Waals surface area contributed by atoms with E-state index in [2.05, 4.69) is 40.3 Å². The second-order valence-corrected chi connectivity index (χ2v) is 5.60. The van der Waals surface area contributed by atoms with Gasteiger partial charge in [-0.3, -0.25) is 0 Å². The molecule has 2 rings (SSSR count). The van der Waals surface area contributed by atoms with Crippen LogP contribution in [-0.4, -0.2) is 30.5 Å². The van der Waals surface area contributed by atoms with Gasteiger partial charge in [-0.15, -0.1) is 0 Å². The zero-order valence-corrected chi connectivity index (χ0v) is 11.5. The zero-order chi connectivity index (χ0) is 12.3. The van der Waals surface area contributed by atoms with Crippen molar-refractivity contribution in [3.05, 3.63) is 34.3 Å². The van der Waals surface area contributed by atoms with E-state index in [1.807, 2.05) is 12.1 Å². The highest BCUT2D eigenvalue weighted by atomic mass is 79.9. The van der Waals surface area contributed by atoms with Crippen LogP contribution in [0.3, 0.4) is 0 Å². The van der Waals surface area contributed by atoms with Crippen molar-refractivity contribution in [2.24, 2.45) is 0 Å². The van der Waals surface area contributed by atoms with Gasteiger partial charge in [-0.1, -0.05) is 28.1 Å². The first-order valence-corrected chi connectivity index (χ1v) is 6.67. The molecular weight excluding hydrogens is 282 g/mol. The minimum Gasteiger partial charge on any atom is -0.386 e. The maximum atomic E-state index is 10.1. The van der Waals surface area contributed by atoms with Crippen LogP contribution in [0.2, 0.25) is 0 Å². The summed E-state index contributed by atoms with van der Waals surface area (Å²) in [6.07, 6.45) is 0.713. The lowest BCUT2D eigenvalue weighted by Crippen LogP contribution is -2.41. The molecule has 2 atom stereocenters. The Morgan fingerprint density at radius 2 is 2.41 bits per heavy atom. The van der Waals surface area contributed by atoms with Gasteiger partial charge in [0.15, 0.2) is 0 Å². The Morgan fingerprint density at radius 3 is 3.06 bits per heavy atom. The van der Waals surface area contributed by atoms with Crippen LogP contribution in [0, 0.1) is 0 Å². The van der Waals surface area contributed by atoms with Gasteiger partial charge in [0.05, 0.1) is 6.61 Å². The fourth-order valence-electron chi connectivity index (χ4n) is 1.97. The van der Waals surface area contributed by atoms with Gasteiger partial charge in [-0.25, -0.2) is 0 Å². The number of rotatable bonds is 4. The number of nitrogens with one attached hydrogen (secondary N) is 1. The van der Waals surface area contributed by atoms with Crippen LogP contribution in [0.1, 0.15) is 24.9 Å². The second kappa shape index (κ2) is 5.48. The first kappa shape index (κ1) is 13.0. The third-order valence-corrected chi connectivity index (χ3v) is 3.66. The topological polar surface area (TPSA) is 41.5 Å². The molecule has 0 aromatic heterocycles. The lowest BCUT2D eigenvalue weighted by atomic mass is 10.0. The minimum absolute atomic E-state index is 0.220. The minimum atomic E-state index is -0.694. The highest BCUT2D eigenvalue weighted by Gasteiger charge is 2.32. The predicted octanol–water partition coefficient (Wildman–Crippen LogP) is 2.25. The molecule has 2 N–H and O–H groups in total. The van der Waals surface area contributed by atoms with Gasteiger partial charge in [-0.2, -0.15) is 0 Å². The van der Waals surface area contributed by atoms with Crippen LogP contribution in [-0.2, 0) is 4.74 Å². The van der Waals surface area contributed by atoms with E-state index < -0.39 is 5.60 Å². The summed E-state index contributed by atoms with van der Waals surface area (Å²) in [5, 5.41) is 13.5. The number of benzene rings is 1. The Kier molecular flexibility index (Phi) is 4.20. The normalized spacial score (nSPS) is 26.1. The summed E-state index contributed by atoms with van der Waals surface area (Å²) in [4.78, 5) is 0. The van der Waals surface area contributed by atoms with Crippen LogP contribution in [0.25, 0.3) is 0 Å². The molecule has 1 heterocycles. The number of halogens is 1. The molecule has 0 spiro atoms. The summed E-state index contributed by atoms with van der Waals surface area (Å²) < 4.78 is 6.30. The van der Waals surface area contributed by atoms with Crippen LogP contribution in [0.4, 0.5) is 0 Å². The number of hydrogen-bond donors (Lipinski definition) is 2. The van der Waals surface area contributed by atoms with Crippen LogP contribution in [0.5, 0.6) is 0 Å². The van der Waals surface area contributed by atoms with Gasteiger partial charge >= 0.3 is 0 Å². The third-order valence-electron chi connectivity index (χ3n) is 3.17. The Balaban J connectivity index is 1.91. The SMILES string of the molecule is CC(NCC1(O)CCOC1)c1cccc(Br)c1. The van der Waals surface area contributed by atoms with Gasteiger partial charge in [0.2, 0.25) is 0 Å². The van der Waals surface area contributed by atoms with Gasteiger partial charge in [0, 0.05) is 30.1 Å². The van der Waals surface area contributed by atoms with Crippen LogP contribution >= 0.6 is 15.9 Å². The van der Waals surface area contributed by atoms with Crippen molar-refractivity contribution in [2.75, 3.05) is 19.8 Å². The van der Waals surface area contributed by atoms with Gasteiger partial charge < -0.3 is 15.2 Å². The Hall–Kier alpha value is -0.420. The van der Waals surface area contributed by atoms with E-state index in [1.165, 1.54) is 5.56 Å². The fourth-order valence-corrected chi connectivity index (χ4v) is 2.39. The lowest BCUT2D eigenvalue weighted by molar-refractivity contribution is 0.0252. The van der Waals surface area contributed by atoms with E-state index in [1.54, 1.807) is 0 Å². The van der Waals surface area contributed by atoms with Crippen molar-refractivity contribution in [1.82, 2.24) is 5.32 Å². The van der Waals surface area contributed by atoms with Crippen molar-refractivity contribution in [1.29, 1.82) is 0 Å². The lowest BCUT2D eigenvalue weighted by Gasteiger charge is -2.24. The monoisotopic (exact) mass is 299 g/mol. The Morgan fingerprint density at radius 1 is 1.59 bits per heavy atom. The average molecular weight is 300 g/mol. The summed E-state index contributed by atoms with van der Waals surface area (Å²) in [6.45, 7) is 3.76. The van der Waals surface area contributed by atoms with Crippen molar-refractivity contribution < 1.29 is 9.84 Å². The molecule has 3 nitrogen and oxygen atoms in total. The summed E-state index contributed by atoms with van der Waals surface area (Å²) in [5.41, 5.74) is 0.516. The summed E-state index contributed by atoms with van der Waals surface area (Å²) in [7, 11) is 0. The van der Waals surface area contributed by atoms with Gasteiger partial charge in [0.1, 0.15) is 5.60 Å². The highest BCUT2D eigenvalue weighted by molar-refractivity contribution is 9.10. The largest absolute Gasteiger partial charge is 0.386 e. The smallest absolute Gasteiger partial charge is 0.103 e. The van der Waals surface area contributed by atoms with E-state index in [9.17, 15) is 5.11 Å². The van der Waals surface area contributed by atoms with Gasteiger partial charge in [0.25, 0.3) is 0 Å². The van der Waals surface area contributed by atoms with E-state index in [0.29, 0.717) is 26.2 Å². The van der Waals surface area contributed by atoms with Crippen molar-refractivity contribution in [2.45, 2.75) is 25.0 Å². The molecule has 1 aromatic carbocycles. The van der Waals surface area contributed by atoms with Crippen LogP contribution in [0.15, 0.2) is 28.7 Å². The molecule has 94 valence electrons. The summed E-state index contributed by atoms with van der Waals surface area (Å²) in [5.74, 6) is 0. The molecule has 1 fully saturated rings. The molecule has 0 bridgehead atoms. The molecule has 0 radical (unpaired) electrons. The van der Waals surface area contributed by atoms with Crippen molar-refractivity contribution >= 4 is 15.9 Å².